The first-order valence-corrected chi connectivity index (χ1v) is 13.8. The van der Waals surface area contributed by atoms with E-state index in [9.17, 15) is 12.6 Å². The Balaban J connectivity index is 1.92. The quantitative estimate of drug-likeness (QED) is 0.394. The summed E-state index contributed by atoms with van der Waals surface area (Å²) in [4.78, 5) is 0.419. The van der Waals surface area contributed by atoms with Gasteiger partial charge in [0.15, 0.2) is 9.92 Å². The van der Waals surface area contributed by atoms with E-state index in [2.05, 4.69) is 10.3 Å². The van der Waals surface area contributed by atoms with Gasteiger partial charge in [-0.2, -0.15) is 8.42 Å². The zero-order valence-electron chi connectivity index (χ0n) is 18.8. The van der Waals surface area contributed by atoms with Crippen molar-refractivity contribution in [1.82, 2.24) is 4.31 Å². The molecule has 3 aromatic carbocycles. The topological polar surface area (TPSA) is 66.8 Å². The van der Waals surface area contributed by atoms with Gasteiger partial charge in [-0.15, -0.1) is 6.58 Å². The highest BCUT2D eigenvalue weighted by atomic mass is 32.3. The molecule has 0 spiro atoms. The first-order valence-electron chi connectivity index (χ1n) is 10.9. The number of benzene rings is 3. The molecule has 7 heteroatoms. The number of hydrogen-bond acceptors (Lipinski definition) is 3. The average molecular weight is 481 g/mol. The molecule has 0 aromatic heterocycles. The molecule has 0 saturated heterocycles. The summed E-state index contributed by atoms with van der Waals surface area (Å²) in [5, 5.41) is 0. The van der Waals surface area contributed by atoms with E-state index in [1.807, 2.05) is 50.2 Å². The van der Waals surface area contributed by atoms with Crippen LogP contribution in [0, 0.1) is 13.8 Å². The third-order valence-corrected chi connectivity index (χ3v) is 10.3. The van der Waals surface area contributed by atoms with Crippen molar-refractivity contribution in [3.63, 3.8) is 0 Å². The largest absolute Gasteiger partial charge is 0.291 e. The molecule has 172 valence electrons. The lowest BCUT2D eigenvalue weighted by Crippen LogP contribution is -2.41. The van der Waals surface area contributed by atoms with E-state index in [-0.39, 0.29) is 10.9 Å². The van der Waals surface area contributed by atoms with Crippen molar-refractivity contribution in [1.29, 1.82) is 0 Å². The minimum absolute atomic E-state index is 0.0330. The molecule has 1 unspecified atom stereocenters. The van der Waals surface area contributed by atoms with Crippen LogP contribution in [0.2, 0.25) is 0 Å². The first kappa shape index (κ1) is 23.4. The number of nitrogens with zero attached hydrogens (tertiary/aromatic N) is 2. The van der Waals surface area contributed by atoms with Crippen LogP contribution in [0.3, 0.4) is 0 Å². The van der Waals surface area contributed by atoms with Crippen LogP contribution in [-0.2, 0) is 26.4 Å². The lowest BCUT2D eigenvalue weighted by molar-refractivity contribution is 0.312. The Hall–Kier alpha value is -2.74. The highest BCUT2D eigenvalue weighted by Crippen LogP contribution is 2.41. The number of sulfonamides is 1. The Labute approximate surface area is 197 Å². The van der Waals surface area contributed by atoms with E-state index in [0.717, 1.165) is 16.7 Å². The number of hydrogen-bond donors (Lipinski definition) is 0. The van der Waals surface area contributed by atoms with Crippen molar-refractivity contribution < 1.29 is 12.6 Å². The zero-order valence-corrected chi connectivity index (χ0v) is 20.5. The van der Waals surface area contributed by atoms with Gasteiger partial charge >= 0.3 is 0 Å². The molecule has 0 heterocycles. The van der Waals surface area contributed by atoms with E-state index in [1.165, 1.54) is 17.7 Å². The summed E-state index contributed by atoms with van der Waals surface area (Å²) in [7, 11) is -7.67. The second-order valence-electron chi connectivity index (χ2n) is 8.31. The van der Waals surface area contributed by atoms with Crippen LogP contribution >= 0.6 is 0 Å². The lowest BCUT2D eigenvalue weighted by atomic mass is 9.83. The van der Waals surface area contributed by atoms with Crippen molar-refractivity contribution in [3.8, 4) is 0 Å². The second kappa shape index (κ2) is 9.25. The van der Waals surface area contributed by atoms with Gasteiger partial charge in [-0.25, -0.2) is 8.51 Å². The van der Waals surface area contributed by atoms with E-state index in [4.69, 9.17) is 0 Å². The van der Waals surface area contributed by atoms with Gasteiger partial charge in [0, 0.05) is 6.54 Å². The summed E-state index contributed by atoms with van der Waals surface area (Å²) in [6.45, 7) is 8.00. The van der Waals surface area contributed by atoms with E-state index >= 15 is 0 Å². The third-order valence-electron chi connectivity index (χ3n) is 5.89. The van der Waals surface area contributed by atoms with Gasteiger partial charge < -0.3 is 0 Å². The van der Waals surface area contributed by atoms with Crippen molar-refractivity contribution in [3.05, 3.63) is 108 Å². The van der Waals surface area contributed by atoms with Crippen LogP contribution in [0.5, 0.6) is 0 Å². The van der Waals surface area contributed by atoms with Crippen LogP contribution in [0.4, 0.5) is 0 Å². The standard InChI is InChI=1S/C26H28N2O3S2/c1-4-5-18-28(26-19-22-8-6-7-9-25(22)26)32(29,23-14-10-20(2)11-15-23)27-33(30,31)24-16-12-21(3)13-17-24/h4,6-17,26H,1,5,18-19H2,2-3H3/t26-,32?/m1/s1. The predicted octanol–water partition coefficient (Wildman–Crippen LogP) is 5.61. The molecule has 0 aliphatic heterocycles. The summed E-state index contributed by atoms with van der Waals surface area (Å²) >= 11 is 0. The summed E-state index contributed by atoms with van der Waals surface area (Å²) < 4.78 is 47.4. The molecule has 0 bridgehead atoms. The van der Waals surface area contributed by atoms with Gasteiger partial charge in [0.05, 0.1) is 15.8 Å². The Bertz CT molecular complexity index is 1390. The number of aryl methyl sites for hydroxylation is 2. The molecule has 0 amide bonds. The normalized spacial score (nSPS) is 17.0. The van der Waals surface area contributed by atoms with Gasteiger partial charge in [-0.1, -0.05) is 69.5 Å². The van der Waals surface area contributed by atoms with Gasteiger partial charge in [-0.05, 0) is 62.1 Å². The Morgan fingerprint density at radius 1 is 0.909 bits per heavy atom. The fraction of sp³-hybridized carbons (Fsp3) is 0.231. The van der Waals surface area contributed by atoms with Crippen LogP contribution in [0.25, 0.3) is 0 Å². The summed E-state index contributed by atoms with van der Waals surface area (Å²) in [5.41, 5.74) is 4.17. The maximum absolute atomic E-state index is 14.8. The summed E-state index contributed by atoms with van der Waals surface area (Å²) in [5.74, 6) is 0. The third kappa shape index (κ3) is 4.67. The maximum Gasteiger partial charge on any atom is 0.291 e. The zero-order chi connectivity index (χ0) is 23.6. The number of rotatable bonds is 8. The van der Waals surface area contributed by atoms with E-state index in [1.54, 1.807) is 34.6 Å². The highest BCUT2D eigenvalue weighted by molar-refractivity contribution is 8.02. The molecule has 1 aliphatic rings. The smallest absolute Gasteiger partial charge is 0.227 e. The van der Waals surface area contributed by atoms with Gasteiger partial charge in [0.2, 0.25) is 0 Å². The SMILES string of the molecule is C=CCCN([C@@H]1Cc2ccccc21)S(=O)(=NS(=O)(=O)c1ccc(C)cc1)c1ccc(C)cc1. The minimum atomic E-state index is -4.18. The van der Waals surface area contributed by atoms with Gasteiger partial charge in [0.1, 0.15) is 0 Å². The summed E-state index contributed by atoms with van der Waals surface area (Å²) in [6, 6.07) is 21.4. The van der Waals surface area contributed by atoms with Crippen molar-refractivity contribution >= 4 is 19.9 Å². The fourth-order valence-corrected chi connectivity index (χ4v) is 8.21. The van der Waals surface area contributed by atoms with Crippen molar-refractivity contribution in [2.45, 2.75) is 42.5 Å². The van der Waals surface area contributed by atoms with E-state index in [0.29, 0.717) is 24.3 Å². The van der Waals surface area contributed by atoms with Crippen LogP contribution in [-0.4, -0.2) is 23.5 Å². The average Bonchev–Trinajstić information content (AvgIpc) is 2.77. The molecule has 4 rings (SSSR count). The van der Waals surface area contributed by atoms with Crippen molar-refractivity contribution in [2.24, 2.45) is 3.77 Å². The highest BCUT2D eigenvalue weighted by Gasteiger charge is 2.38. The molecule has 33 heavy (non-hydrogen) atoms. The lowest BCUT2D eigenvalue weighted by Gasteiger charge is -2.40. The molecule has 0 saturated carbocycles. The predicted molar refractivity (Wildman–Crippen MR) is 133 cm³/mol. The Morgan fingerprint density at radius 2 is 1.48 bits per heavy atom. The van der Waals surface area contributed by atoms with Crippen molar-refractivity contribution in [2.75, 3.05) is 6.54 Å². The molecular formula is C26H28N2O3S2. The molecular weight excluding hydrogens is 452 g/mol. The Morgan fingerprint density at radius 3 is 2.06 bits per heavy atom. The molecule has 0 fully saturated rings. The second-order valence-corrected chi connectivity index (χ2v) is 12.3. The first-order chi connectivity index (χ1) is 15.7. The molecule has 5 nitrogen and oxygen atoms in total. The summed E-state index contributed by atoms with van der Waals surface area (Å²) in [6.07, 6.45) is 3.00. The van der Waals surface area contributed by atoms with Crippen LogP contribution < -0.4 is 0 Å². The number of fused-ring (bicyclic) bond motifs is 1. The van der Waals surface area contributed by atoms with Gasteiger partial charge in [0.25, 0.3) is 10.0 Å². The van der Waals surface area contributed by atoms with Crippen LogP contribution in [0.1, 0.15) is 34.7 Å². The molecule has 0 N–H and O–H groups in total. The fourth-order valence-electron chi connectivity index (χ4n) is 3.98. The minimum Gasteiger partial charge on any atom is -0.227 e. The van der Waals surface area contributed by atoms with Gasteiger partial charge in [-0.3, -0.25) is 0 Å². The molecule has 3 aromatic rings. The van der Waals surface area contributed by atoms with Crippen LogP contribution in [0.15, 0.2) is 99.0 Å². The molecule has 1 aliphatic carbocycles. The molecule has 0 radical (unpaired) electrons. The van der Waals surface area contributed by atoms with E-state index < -0.39 is 19.9 Å². The Kier molecular flexibility index (Phi) is 6.56. The maximum atomic E-state index is 14.8. The monoisotopic (exact) mass is 480 g/mol. The molecule has 2 atom stereocenters.